The number of hydrogen-bond acceptors (Lipinski definition) is 3. The molecule has 21 heavy (non-hydrogen) atoms. The third kappa shape index (κ3) is 5.11. The van der Waals surface area contributed by atoms with Crippen molar-refractivity contribution in [1.82, 2.24) is 9.21 Å². The maximum atomic E-state index is 12.6. The average Bonchev–Trinajstić information content (AvgIpc) is 2.42. The van der Waals surface area contributed by atoms with Gasteiger partial charge in [-0.05, 0) is 44.8 Å². The minimum absolute atomic E-state index is 0.216. The van der Waals surface area contributed by atoms with Crippen LogP contribution in [0, 0.1) is 0 Å². The zero-order valence-corrected chi connectivity index (χ0v) is 15.0. The summed E-state index contributed by atoms with van der Waals surface area (Å²) in [5.41, 5.74) is 0.730. The van der Waals surface area contributed by atoms with E-state index >= 15 is 0 Å². The van der Waals surface area contributed by atoms with E-state index in [0.29, 0.717) is 18.1 Å². The van der Waals surface area contributed by atoms with Crippen LogP contribution >= 0.6 is 23.2 Å². The number of alkyl halides is 1. The molecular formula is C14H22Cl2N2O2S. The van der Waals surface area contributed by atoms with Gasteiger partial charge in [-0.25, -0.2) is 8.42 Å². The molecule has 0 aromatic heterocycles. The van der Waals surface area contributed by atoms with Gasteiger partial charge in [0, 0.05) is 24.0 Å². The number of rotatable bonds is 8. The molecule has 1 aromatic rings. The van der Waals surface area contributed by atoms with Gasteiger partial charge in [0.15, 0.2) is 0 Å². The Labute approximate surface area is 137 Å². The van der Waals surface area contributed by atoms with E-state index in [1.165, 1.54) is 10.4 Å². The number of halogens is 2. The lowest BCUT2D eigenvalue weighted by Gasteiger charge is -2.21. The third-order valence-corrected chi connectivity index (χ3v) is 5.78. The van der Waals surface area contributed by atoms with Crippen molar-refractivity contribution in [2.24, 2.45) is 0 Å². The van der Waals surface area contributed by atoms with Crippen LogP contribution in [-0.4, -0.2) is 51.4 Å². The van der Waals surface area contributed by atoms with E-state index in [2.05, 4.69) is 0 Å². The van der Waals surface area contributed by atoms with Crippen LogP contribution in [0.1, 0.15) is 18.9 Å². The molecule has 0 fully saturated rings. The monoisotopic (exact) mass is 352 g/mol. The van der Waals surface area contributed by atoms with Gasteiger partial charge in [0.05, 0.1) is 4.90 Å². The van der Waals surface area contributed by atoms with Crippen LogP contribution in [0.4, 0.5) is 0 Å². The highest BCUT2D eigenvalue weighted by Gasteiger charge is 2.23. The second kappa shape index (κ2) is 8.34. The summed E-state index contributed by atoms with van der Waals surface area (Å²) >= 11 is 11.8. The number of sulfonamides is 1. The fourth-order valence-corrected chi connectivity index (χ4v) is 4.09. The molecule has 0 aliphatic heterocycles. The molecule has 0 radical (unpaired) electrons. The van der Waals surface area contributed by atoms with Crippen molar-refractivity contribution in [2.45, 2.75) is 24.1 Å². The molecule has 4 nitrogen and oxygen atoms in total. The van der Waals surface area contributed by atoms with Gasteiger partial charge in [0.2, 0.25) is 10.0 Å². The van der Waals surface area contributed by atoms with Gasteiger partial charge in [-0.15, -0.1) is 11.6 Å². The van der Waals surface area contributed by atoms with Crippen molar-refractivity contribution in [1.29, 1.82) is 0 Å². The highest BCUT2D eigenvalue weighted by Crippen LogP contribution is 2.24. The Morgan fingerprint density at radius 3 is 2.33 bits per heavy atom. The van der Waals surface area contributed by atoms with E-state index in [0.717, 1.165) is 18.5 Å². The summed E-state index contributed by atoms with van der Waals surface area (Å²) < 4.78 is 26.7. The van der Waals surface area contributed by atoms with E-state index in [-0.39, 0.29) is 10.8 Å². The van der Waals surface area contributed by atoms with Gasteiger partial charge in [-0.1, -0.05) is 24.6 Å². The lowest BCUT2D eigenvalue weighted by Crippen LogP contribution is -2.33. The van der Waals surface area contributed by atoms with Crippen LogP contribution in [-0.2, 0) is 15.9 Å². The second-order valence-corrected chi connectivity index (χ2v) is 7.65. The van der Waals surface area contributed by atoms with Crippen molar-refractivity contribution in [3.63, 3.8) is 0 Å². The first-order valence-electron chi connectivity index (χ1n) is 6.82. The van der Waals surface area contributed by atoms with Crippen LogP contribution in [0.3, 0.4) is 0 Å². The van der Waals surface area contributed by atoms with E-state index in [4.69, 9.17) is 23.2 Å². The third-order valence-electron chi connectivity index (χ3n) is 3.17. The summed E-state index contributed by atoms with van der Waals surface area (Å²) in [6.07, 6.45) is 0.785. The van der Waals surface area contributed by atoms with E-state index in [1.807, 2.05) is 25.9 Å². The smallest absolute Gasteiger partial charge is 0.243 e. The van der Waals surface area contributed by atoms with Crippen molar-refractivity contribution in [3.8, 4) is 0 Å². The predicted molar refractivity (Wildman–Crippen MR) is 88.6 cm³/mol. The second-order valence-electron chi connectivity index (χ2n) is 5.04. The van der Waals surface area contributed by atoms with Crippen LogP contribution in [0.25, 0.3) is 0 Å². The van der Waals surface area contributed by atoms with Gasteiger partial charge >= 0.3 is 0 Å². The first kappa shape index (κ1) is 18.7. The summed E-state index contributed by atoms with van der Waals surface area (Å²) in [5.74, 6) is 0.263. The van der Waals surface area contributed by atoms with E-state index in [9.17, 15) is 8.42 Å². The minimum atomic E-state index is -3.51. The van der Waals surface area contributed by atoms with Crippen molar-refractivity contribution < 1.29 is 8.42 Å². The Balaban J connectivity index is 2.93. The van der Waals surface area contributed by atoms with Crippen LogP contribution in [0.15, 0.2) is 23.1 Å². The SMILES string of the molecule is CCN(CCCN(C)C)S(=O)(=O)c1ccc(CCl)c(Cl)c1. The maximum Gasteiger partial charge on any atom is 0.243 e. The summed E-state index contributed by atoms with van der Waals surface area (Å²) in [6, 6.07) is 4.70. The molecule has 0 heterocycles. The molecule has 0 aliphatic carbocycles. The zero-order chi connectivity index (χ0) is 16.0. The van der Waals surface area contributed by atoms with Gasteiger partial charge in [-0.3, -0.25) is 0 Å². The number of hydrogen-bond donors (Lipinski definition) is 0. The van der Waals surface area contributed by atoms with Gasteiger partial charge < -0.3 is 4.90 Å². The molecule has 120 valence electrons. The zero-order valence-electron chi connectivity index (χ0n) is 12.6. The standard InChI is InChI=1S/C14H22Cl2N2O2S/c1-4-18(9-5-8-17(2)3)21(19,20)13-7-6-12(11-15)14(16)10-13/h6-7,10H,4-5,8-9,11H2,1-3H3. The summed E-state index contributed by atoms with van der Waals surface area (Å²) in [4.78, 5) is 2.25. The molecule has 1 aromatic carbocycles. The topological polar surface area (TPSA) is 40.6 Å². The summed E-state index contributed by atoms with van der Waals surface area (Å²) in [6.45, 7) is 3.61. The van der Waals surface area contributed by atoms with Gasteiger partial charge in [-0.2, -0.15) is 4.31 Å². The predicted octanol–water partition coefficient (Wildman–Crippen LogP) is 3.04. The molecule has 0 bridgehead atoms. The van der Waals surface area contributed by atoms with Crippen LogP contribution in [0.2, 0.25) is 5.02 Å². The fourth-order valence-electron chi connectivity index (χ4n) is 1.96. The molecule has 0 spiro atoms. The lowest BCUT2D eigenvalue weighted by atomic mass is 10.2. The Bertz CT molecular complexity index is 562. The molecule has 0 saturated heterocycles. The van der Waals surface area contributed by atoms with Gasteiger partial charge in [0.25, 0.3) is 0 Å². The van der Waals surface area contributed by atoms with Crippen LogP contribution in [0.5, 0.6) is 0 Å². The van der Waals surface area contributed by atoms with E-state index in [1.54, 1.807) is 12.1 Å². The summed E-state index contributed by atoms with van der Waals surface area (Å²) in [5, 5.41) is 0.385. The molecule has 0 atom stereocenters. The number of nitrogens with zero attached hydrogens (tertiary/aromatic N) is 2. The molecule has 0 unspecified atom stereocenters. The van der Waals surface area contributed by atoms with Crippen LogP contribution < -0.4 is 0 Å². The lowest BCUT2D eigenvalue weighted by molar-refractivity contribution is 0.356. The molecule has 0 amide bonds. The normalized spacial score (nSPS) is 12.3. The molecule has 0 aliphatic rings. The first-order chi connectivity index (χ1) is 9.82. The Kier molecular flexibility index (Phi) is 7.44. The maximum absolute atomic E-state index is 12.6. The molecule has 0 saturated carbocycles. The fraction of sp³-hybridized carbons (Fsp3) is 0.571. The molecule has 1 rings (SSSR count). The quantitative estimate of drug-likeness (QED) is 0.675. The average molecular weight is 353 g/mol. The van der Waals surface area contributed by atoms with E-state index < -0.39 is 10.0 Å². The molecule has 7 heteroatoms. The largest absolute Gasteiger partial charge is 0.309 e. The highest BCUT2D eigenvalue weighted by atomic mass is 35.5. The molecular weight excluding hydrogens is 331 g/mol. The van der Waals surface area contributed by atoms with Crippen molar-refractivity contribution in [3.05, 3.63) is 28.8 Å². The Morgan fingerprint density at radius 2 is 1.86 bits per heavy atom. The Morgan fingerprint density at radius 1 is 1.19 bits per heavy atom. The number of benzene rings is 1. The Hall–Kier alpha value is -0.330. The summed E-state index contributed by atoms with van der Waals surface area (Å²) in [7, 11) is 0.426. The first-order valence-corrected chi connectivity index (χ1v) is 9.17. The highest BCUT2D eigenvalue weighted by molar-refractivity contribution is 7.89. The molecule has 0 N–H and O–H groups in total. The van der Waals surface area contributed by atoms with Crippen molar-refractivity contribution >= 4 is 33.2 Å². The minimum Gasteiger partial charge on any atom is -0.309 e. The van der Waals surface area contributed by atoms with Crippen molar-refractivity contribution in [2.75, 3.05) is 33.7 Å². The van der Waals surface area contributed by atoms with Gasteiger partial charge in [0.1, 0.15) is 0 Å².